The largest absolute Gasteiger partial charge is 0.494 e. The van der Waals surface area contributed by atoms with Gasteiger partial charge in [0.2, 0.25) is 11.2 Å². The van der Waals surface area contributed by atoms with Crippen LogP contribution in [-0.4, -0.2) is 13.1 Å². The first-order valence-corrected chi connectivity index (χ1v) is 10.2. The van der Waals surface area contributed by atoms with Crippen molar-refractivity contribution in [1.82, 2.24) is 0 Å². The second kappa shape index (κ2) is 8.94. The zero-order chi connectivity index (χ0) is 22.8. The van der Waals surface area contributed by atoms with E-state index in [9.17, 15) is 9.59 Å². The number of halogens is 2. The summed E-state index contributed by atoms with van der Waals surface area (Å²) in [7, 11) is 1.37. The van der Waals surface area contributed by atoms with Crippen LogP contribution in [-0.2, 0) is 0 Å². The lowest BCUT2D eigenvalue weighted by Gasteiger charge is -2.12. The van der Waals surface area contributed by atoms with Gasteiger partial charge in [-0.1, -0.05) is 35.3 Å². The number of aryl methyl sites for hydroxylation is 1. The van der Waals surface area contributed by atoms with Crippen LogP contribution in [0.15, 0.2) is 70.1 Å². The van der Waals surface area contributed by atoms with Crippen LogP contribution in [0, 0.1) is 6.92 Å². The number of fused-ring (bicyclic) bond motifs is 1. The zero-order valence-corrected chi connectivity index (χ0v) is 18.5. The van der Waals surface area contributed by atoms with Crippen LogP contribution in [0.25, 0.3) is 11.0 Å². The molecular weight excluding hydrogens is 455 g/mol. The molecule has 0 N–H and O–H groups in total. The molecule has 8 heteroatoms. The second-order valence-corrected chi connectivity index (χ2v) is 7.65. The molecule has 1 heterocycles. The molecule has 162 valence electrons. The van der Waals surface area contributed by atoms with Gasteiger partial charge in [-0.15, -0.1) is 0 Å². The molecule has 0 fully saturated rings. The van der Waals surface area contributed by atoms with Gasteiger partial charge in [-0.3, -0.25) is 4.79 Å². The molecule has 32 heavy (non-hydrogen) atoms. The van der Waals surface area contributed by atoms with E-state index in [4.69, 9.17) is 41.8 Å². The Balaban J connectivity index is 1.63. The first-order chi connectivity index (χ1) is 15.4. The van der Waals surface area contributed by atoms with Crippen molar-refractivity contribution >= 4 is 40.1 Å². The van der Waals surface area contributed by atoms with Gasteiger partial charge in [0.25, 0.3) is 0 Å². The van der Waals surface area contributed by atoms with Crippen LogP contribution in [0.2, 0.25) is 10.0 Å². The lowest BCUT2D eigenvalue weighted by atomic mass is 10.2. The molecule has 1 aromatic heterocycles. The summed E-state index contributed by atoms with van der Waals surface area (Å²) in [4.78, 5) is 25.5. The summed E-state index contributed by atoms with van der Waals surface area (Å²) >= 11 is 12.2. The number of hydrogen-bond acceptors (Lipinski definition) is 6. The maximum Gasteiger partial charge on any atom is 0.348 e. The molecule has 0 aliphatic heterocycles. The van der Waals surface area contributed by atoms with E-state index in [1.807, 2.05) is 19.1 Å². The Morgan fingerprint density at radius 1 is 0.969 bits per heavy atom. The van der Waals surface area contributed by atoms with E-state index in [0.29, 0.717) is 5.75 Å². The van der Waals surface area contributed by atoms with Crippen LogP contribution in [0.5, 0.6) is 23.0 Å². The SMILES string of the molecule is COc1c(Cl)ccc(Cl)c1C(=O)Oc1ccc2c(=O)c(Oc3cccc(C)c3)coc2c1. The normalized spacial score (nSPS) is 10.8. The summed E-state index contributed by atoms with van der Waals surface area (Å²) in [5.41, 5.74) is 0.854. The maximum absolute atomic E-state index is 12.8. The minimum Gasteiger partial charge on any atom is -0.494 e. The van der Waals surface area contributed by atoms with Gasteiger partial charge < -0.3 is 18.6 Å². The van der Waals surface area contributed by atoms with E-state index in [1.165, 1.54) is 43.7 Å². The van der Waals surface area contributed by atoms with Crippen molar-refractivity contribution in [1.29, 1.82) is 0 Å². The van der Waals surface area contributed by atoms with Crippen molar-refractivity contribution in [2.75, 3.05) is 7.11 Å². The van der Waals surface area contributed by atoms with Crippen molar-refractivity contribution < 1.29 is 23.4 Å². The Kier molecular flexibility index (Phi) is 6.08. The maximum atomic E-state index is 12.8. The highest BCUT2D eigenvalue weighted by atomic mass is 35.5. The molecule has 3 aromatic carbocycles. The summed E-state index contributed by atoms with van der Waals surface area (Å²) in [5.74, 6) is 0.0545. The fourth-order valence-corrected chi connectivity index (χ4v) is 3.57. The number of methoxy groups -OCH3 is 1. The molecule has 4 rings (SSSR count). The Bertz CT molecular complexity index is 1390. The molecular formula is C24H16Cl2O6. The van der Waals surface area contributed by atoms with Gasteiger partial charge >= 0.3 is 5.97 Å². The third-order valence-corrected chi connectivity index (χ3v) is 5.22. The quantitative estimate of drug-likeness (QED) is 0.247. The summed E-state index contributed by atoms with van der Waals surface area (Å²) in [6.07, 6.45) is 1.22. The fraction of sp³-hybridized carbons (Fsp3) is 0.0833. The van der Waals surface area contributed by atoms with Gasteiger partial charge in [0.1, 0.15) is 28.9 Å². The molecule has 0 bridgehead atoms. The number of rotatable bonds is 5. The number of hydrogen-bond donors (Lipinski definition) is 0. The number of ether oxygens (including phenoxy) is 3. The third-order valence-electron chi connectivity index (χ3n) is 4.61. The summed E-state index contributed by atoms with van der Waals surface area (Å²) in [6.45, 7) is 1.92. The Hall–Kier alpha value is -3.48. The summed E-state index contributed by atoms with van der Waals surface area (Å²) < 4.78 is 21.8. The van der Waals surface area contributed by atoms with Gasteiger partial charge in [0, 0.05) is 6.07 Å². The number of esters is 1. The predicted molar refractivity (Wildman–Crippen MR) is 122 cm³/mol. The van der Waals surface area contributed by atoms with E-state index in [2.05, 4.69) is 0 Å². The van der Waals surface area contributed by atoms with Crippen molar-refractivity contribution in [2.24, 2.45) is 0 Å². The molecule has 6 nitrogen and oxygen atoms in total. The average Bonchev–Trinajstić information content (AvgIpc) is 2.77. The first kappa shape index (κ1) is 21.7. The molecule has 0 saturated carbocycles. The van der Waals surface area contributed by atoms with Crippen LogP contribution >= 0.6 is 23.2 Å². The standard InChI is InChI=1S/C24H16Cl2O6/c1-13-4-3-5-14(10-13)31-20-12-30-19-11-15(6-7-16(19)22(20)27)32-24(28)21-17(25)8-9-18(26)23(21)29-2/h3-12H,1-2H3. The zero-order valence-electron chi connectivity index (χ0n) is 17.0. The summed E-state index contributed by atoms with van der Waals surface area (Å²) in [6, 6.07) is 14.7. The van der Waals surface area contributed by atoms with Crippen molar-refractivity contribution in [2.45, 2.75) is 6.92 Å². The minimum atomic E-state index is -0.768. The highest BCUT2D eigenvalue weighted by Crippen LogP contribution is 2.35. The minimum absolute atomic E-state index is 0.00915. The molecule has 0 radical (unpaired) electrons. The van der Waals surface area contributed by atoms with Crippen LogP contribution in [0.1, 0.15) is 15.9 Å². The van der Waals surface area contributed by atoms with Crippen LogP contribution in [0.4, 0.5) is 0 Å². The molecule has 0 saturated heterocycles. The number of carbonyl (C=O) groups is 1. The highest BCUT2D eigenvalue weighted by Gasteiger charge is 2.22. The van der Waals surface area contributed by atoms with Crippen LogP contribution < -0.4 is 19.6 Å². The Morgan fingerprint density at radius 2 is 1.75 bits per heavy atom. The Morgan fingerprint density at radius 3 is 2.50 bits per heavy atom. The van der Waals surface area contributed by atoms with Crippen molar-refractivity contribution in [3.05, 3.63) is 92.3 Å². The lowest BCUT2D eigenvalue weighted by Crippen LogP contribution is -2.11. The topological polar surface area (TPSA) is 75.0 Å². The molecule has 0 spiro atoms. The first-order valence-electron chi connectivity index (χ1n) is 9.41. The molecule has 0 aliphatic carbocycles. The van der Waals surface area contributed by atoms with Gasteiger partial charge in [0.15, 0.2) is 5.75 Å². The van der Waals surface area contributed by atoms with E-state index >= 15 is 0 Å². The van der Waals surface area contributed by atoms with E-state index in [0.717, 1.165) is 5.56 Å². The number of carbonyl (C=O) groups excluding carboxylic acids is 1. The highest BCUT2D eigenvalue weighted by molar-refractivity contribution is 6.37. The predicted octanol–water partition coefficient (Wildman–Crippen LogP) is 6.43. The van der Waals surface area contributed by atoms with Gasteiger partial charge in [0.05, 0.1) is 22.5 Å². The molecule has 4 aromatic rings. The van der Waals surface area contributed by atoms with Crippen molar-refractivity contribution in [3.8, 4) is 23.0 Å². The van der Waals surface area contributed by atoms with E-state index in [1.54, 1.807) is 12.1 Å². The van der Waals surface area contributed by atoms with Gasteiger partial charge in [-0.2, -0.15) is 0 Å². The van der Waals surface area contributed by atoms with Crippen molar-refractivity contribution in [3.63, 3.8) is 0 Å². The van der Waals surface area contributed by atoms with E-state index < -0.39 is 5.97 Å². The molecule has 0 atom stereocenters. The second-order valence-electron chi connectivity index (χ2n) is 6.83. The molecule has 0 amide bonds. The Labute approximate surface area is 192 Å². The van der Waals surface area contributed by atoms with E-state index in [-0.39, 0.29) is 49.3 Å². The van der Waals surface area contributed by atoms with Gasteiger partial charge in [-0.25, -0.2) is 4.79 Å². The summed E-state index contributed by atoms with van der Waals surface area (Å²) in [5, 5.41) is 0.615. The fourth-order valence-electron chi connectivity index (χ4n) is 3.11. The average molecular weight is 471 g/mol. The number of benzene rings is 3. The monoisotopic (exact) mass is 470 g/mol. The lowest BCUT2D eigenvalue weighted by molar-refractivity contribution is 0.0731. The third kappa shape index (κ3) is 4.28. The molecule has 0 unspecified atom stereocenters. The molecule has 0 aliphatic rings. The van der Waals surface area contributed by atoms with Gasteiger partial charge in [-0.05, 0) is 48.9 Å². The van der Waals surface area contributed by atoms with Crippen LogP contribution in [0.3, 0.4) is 0 Å². The smallest absolute Gasteiger partial charge is 0.348 e.